The normalized spacial score (nSPS) is 19.1. The largest absolute Gasteiger partial charge is 0.397 e. The lowest BCUT2D eigenvalue weighted by Crippen LogP contribution is -2.22. The molecule has 118 valence electrons. The van der Waals surface area contributed by atoms with Gasteiger partial charge < -0.3 is 15.8 Å². The van der Waals surface area contributed by atoms with Crippen molar-refractivity contribution in [1.29, 1.82) is 0 Å². The van der Waals surface area contributed by atoms with E-state index in [0.717, 1.165) is 32.6 Å². The molecule has 1 unspecified atom stereocenters. The zero-order valence-corrected chi connectivity index (χ0v) is 13.3. The fourth-order valence-corrected chi connectivity index (χ4v) is 3.21. The standard InChI is InChI=1S/C14H23N3O3S/c1-17(2)21(18,19)12-3-4-13(15)14(9-12)16-7-5-11-6-8-20-10-11/h3-4,9,11,16H,5-8,10,15H2,1-2H3. The van der Waals surface area contributed by atoms with E-state index in [9.17, 15) is 8.42 Å². The van der Waals surface area contributed by atoms with Crippen LogP contribution in [0.1, 0.15) is 12.8 Å². The van der Waals surface area contributed by atoms with Crippen molar-refractivity contribution in [2.75, 3.05) is 44.9 Å². The number of ether oxygens (including phenoxy) is 1. The van der Waals surface area contributed by atoms with Gasteiger partial charge in [0.25, 0.3) is 0 Å². The van der Waals surface area contributed by atoms with Crippen molar-refractivity contribution in [2.45, 2.75) is 17.7 Å². The third-order valence-electron chi connectivity index (χ3n) is 3.70. The Labute approximate surface area is 126 Å². The molecule has 3 N–H and O–H groups in total. The van der Waals surface area contributed by atoms with Crippen molar-refractivity contribution in [3.05, 3.63) is 18.2 Å². The summed E-state index contributed by atoms with van der Waals surface area (Å²) >= 11 is 0. The highest BCUT2D eigenvalue weighted by Crippen LogP contribution is 2.25. The molecule has 1 heterocycles. The van der Waals surface area contributed by atoms with E-state index < -0.39 is 10.0 Å². The van der Waals surface area contributed by atoms with Crippen LogP contribution < -0.4 is 11.1 Å². The molecule has 0 aromatic heterocycles. The first-order chi connectivity index (χ1) is 9.91. The van der Waals surface area contributed by atoms with Crippen LogP contribution >= 0.6 is 0 Å². The first-order valence-corrected chi connectivity index (χ1v) is 8.49. The number of hydrogen-bond donors (Lipinski definition) is 2. The Kier molecular flexibility index (Phi) is 5.08. The second kappa shape index (κ2) is 6.64. The van der Waals surface area contributed by atoms with Crippen LogP contribution in [0.4, 0.5) is 11.4 Å². The molecular weight excluding hydrogens is 290 g/mol. The zero-order chi connectivity index (χ0) is 15.5. The molecule has 0 amide bonds. The Morgan fingerprint density at radius 1 is 1.43 bits per heavy atom. The number of anilines is 2. The van der Waals surface area contributed by atoms with Crippen molar-refractivity contribution in [2.24, 2.45) is 5.92 Å². The Balaban J connectivity index is 2.05. The molecule has 1 aliphatic heterocycles. The smallest absolute Gasteiger partial charge is 0.242 e. The van der Waals surface area contributed by atoms with Gasteiger partial charge in [-0.1, -0.05) is 0 Å². The van der Waals surface area contributed by atoms with Crippen LogP contribution in [-0.2, 0) is 14.8 Å². The third-order valence-corrected chi connectivity index (χ3v) is 5.51. The monoisotopic (exact) mass is 313 g/mol. The maximum atomic E-state index is 12.1. The van der Waals surface area contributed by atoms with Crippen molar-refractivity contribution in [3.63, 3.8) is 0 Å². The lowest BCUT2D eigenvalue weighted by molar-refractivity contribution is 0.185. The number of hydrogen-bond acceptors (Lipinski definition) is 5. The molecule has 1 aliphatic rings. The summed E-state index contributed by atoms with van der Waals surface area (Å²) in [5.74, 6) is 0.576. The van der Waals surface area contributed by atoms with Crippen LogP contribution in [0, 0.1) is 5.92 Å². The number of sulfonamides is 1. The van der Waals surface area contributed by atoms with E-state index in [4.69, 9.17) is 10.5 Å². The minimum Gasteiger partial charge on any atom is -0.397 e. The number of nitrogen functional groups attached to an aromatic ring is 1. The molecule has 7 heteroatoms. The highest BCUT2D eigenvalue weighted by molar-refractivity contribution is 7.89. The second-order valence-electron chi connectivity index (χ2n) is 5.48. The Bertz CT molecular complexity index is 581. The summed E-state index contributed by atoms with van der Waals surface area (Å²) in [4.78, 5) is 0.244. The van der Waals surface area contributed by atoms with E-state index in [2.05, 4.69) is 5.32 Å². The summed E-state index contributed by atoms with van der Waals surface area (Å²) < 4.78 is 30.8. The maximum Gasteiger partial charge on any atom is 0.242 e. The predicted octanol–water partition coefficient (Wildman–Crippen LogP) is 1.36. The van der Waals surface area contributed by atoms with Crippen molar-refractivity contribution in [1.82, 2.24) is 4.31 Å². The summed E-state index contributed by atoms with van der Waals surface area (Å²) in [5, 5.41) is 3.23. The van der Waals surface area contributed by atoms with Gasteiger partial charge in [0.2, 0.25) is 10.0 Å². The molecule has 1 saturated heterocycles. The SMILES string of the molecule is CN(C)S(=O)(=O)c1ccc(N)c(NCCC2CCOC2)c1. The van der Waals surface area contributed by atoms with Crippen LogP contribution in [0.3, 0.4) is 0 Å². The van der Waals surface area contributed by atoms with Crippen molar-refractivity contribution >= 4 is 21.4 Å². The molecule has 0 saturated carbocycles. The van der Waals surface area contributed by atoms with Crippen LogP contribution in [0.2, 0.25) is 0 Å². The predicted molar refractivity (Wildman–Crippen MR) is 83.8 cm³/mol. The van der Waals surface area contributed by atoms with Crippen LogP contribution in [0.25, 0.3) is 0 Å². The summed E-state index contributed by atoms with van der Waals surface area (Å²) in [7, 11) is -0.414. The van der Waals surface area contributed by atoms with Gasteiger partial charge in [0.1, 0.15) is 0 Å². The van der Waals surface area contributed by atoms with Crippen LogP contribution in [-0.4, -0.2) is 46.6 Å². The Hall–Kier alpha value is -1.31. The molecule has 0 bridgehead atoms. The Morgan fingerprint density at radius 2 is 2.19 bits per heavy atom. The number of nitrogens with zero attached hydrogens (tertiary/aromatic N) is 1. The fraction of sp³-hybridized carbons (Fsp3) is 0.571. The Morgan fingerprint density at radius 3 is 2.81 bits per heavy atom. The number of benzene rings is 1. The molecular formula is C14H23N3O3S. The summed E-state index contributed by atoms with van der Waals surface area (Å²) in [6.07, 6.45) is 2.08. The second-order valence-corrected chi connectivity index (χ2v) is 7.63. The van der Waals surface area contributed by atoms with Crippen molar-refractivity contribution in [3.8, 4) is 0 Å². The highest BCUT2D eigenvalue weighted by atomic mass is 32.2. The van der Waals surface area contributed by atoms with Gasteiger partial charge in [0, 0.05) is 33.9 Å². The zero-order valence-electron chi connectivity index (χ0n) is 12.5. The first-order valence-electron chi connectivity index (χ1n) is 7.05. The van der Waals surface area contributed by atoms with Crippen LogP contribution in [0.15, 0.2) is 23.1 Å². The van der Waals surface area contributed by atoms with E-state index in [1.807, 2.05) is 0 Å². The lowest BCUT2D eigenvalue weighted by Gasteiger charge is -2.15. The molecule has 1 atom stereocenters. The fourth-order valence-electron chi connectivity index (χ4n) is 2.28. The average molecular weight is 313 g/mol. The minimum absolute atomic E-state index is 0.244. The van der Waals surface area contributed by atoms with Crippen LogP contribution in [0.5, 0.6) is 0 Å². The first kappa shape index (κ1) is 16.1. The van der Waals surface area contributed by atoms with Gasteiger partial charge in [0.15, 0.2) is 0 Å². The molecule has 0 spiro atoms. The number of nitrogens with two attached hydrogens (primary N) is 1. The molecule has 1 aromatic rings. The van der Waals surface area contributed by atoms with E-state index in [0.29, 0.717) is 17.3 Å². The highest BCUT2D eigenvalue weighted by Gasteiger charge is 2.19. The summed E-state index contributed by atoms with van der Waals surface area (Å²) in [5.41, 5.74) is 7.12. The molecule has 6 nitrogen and oxygen atoms in total. The summed E-state index contributed by atoms with van der Waals surface area (Å²) in [6, 6.07) is 4.74. The molecule has 0 radical (unpaired) electrons. The average Bonchev–Trinajstić information content (AvgIpc) is 2.93. The maximum absolute atomic E-state index is 12.1. The number of rotatable bonds is 6. The van der Waals surface area contributed by atoms with E-state index in [1.54, 1.807) is 12.1 Å². The molecule has 0 aliphatic carbocycles. The van der Waals surface area contributed by atoms with Gasteiger partial charge in [-0.05, 0) is 37.0 Å². The van der Waals surface area contributed by atoms with Gasteiger partial charge in [-0.15, -0.1) is 0 Å². The van der Waals surface area contributed by atoms with Crippen molar-refractivity contribution < 1.29 is 13.2 Å². The van der Waals surface area contributed by atoms with E-state index in [-0.39, 0.29) is 4.90 Å². The van der Waals surface area contributed by atoms with Gasteiger partial charge >= 0.3 is 0 Å². The quantitative estimate of drug-likeness (QED) is 0.775. The molecule has 1 aromatic carbocycles. The molecule has 1 fully saturated rings. The van der Waals surface area contributed by atoms with Gasteiger partial charge in [-0.2, -0.15) is 0 Å². The number of nitrogens with one attached hydrogen (secondary N) is 1. The summed E-state index contributed by atoms with van der Waals surface area (Å²) in [6.45, 7) is 2.40. The third kappa shape index (κ3) is 3.87. The van der Waals surface area contributed by atoms with Gasteiger partial charge in [-0.25, -0.2) is 12.7 Å². The lowest BCUT2D eigenvalue weighted by atomic mass is 10.1. The van der Waals surface area contributed by atoms with E-state index >= 15 is 0 Å². The van der Waals surface area contributed by atoms with Gasteiger partial charge in [-0.3, -0.25) is 0 Å². The molecule has 2 rings (SSSR count). The van der Waals surface area contributed by atoms with E-state index in [1.165, 1.54) is 24.5 Å². The van der Waals surface area contributed by atoms with Gasteiger partial charge in [0.05, 0.1) is 16.3 Å². The minimum atomic E-state index is -3.44. The topological polar surface area (TPSA) is 84.7 Å². The molecule has 21 heavy (non-hydrogen) atoms.